The minimum absolute atomic E-state index is 0.0207. The number of hydrogen-bond acceptors (Lipinski definition) is 4. The van der Waals surface area contributed by atoms with Gasteiger partial charge in [-0.1, -0.05) is 13.3 Å². The number of rotatable bonds is 5. The molecule has 0 aliphatic carbocycles. The molecule has 0 aliphatic rings. The van der Waals surface area contributed by atoms with Gasteiger partial charge in [-0.2, -0.15) is 9.55 Å². The van der Waals surface area contributed by atoms with Crippen LogP contribution in [0.3, 0.4) is 0 Å². The third-order valence-corrected chi connectivity index (χ3v) is 1.98. The predicted molar refractivity (Wildman–Crippen MR) is 55.4 cm³/mol. The number of unbranched alkanes of at least 4 members (excludes halogenated alkanes) is 1. The van der Waals surface area contributed by atoms with Gasteiger partial charge in [0.1, 0.15) is 6.20 Å². The molecule has 1 amide bonds. The molecule has 0 spiro atoms. The van der Waals surface area contributed by atoms with Gasteiger partial charge in [-0.15, -0.1) is 0 Å². The summed E-state index contributed by atoms with van der Waals surface area (Å²) in [5, 5.41) is 21.2. The molecule has 0 saturated heterocycles. The molecule has 0 aliphatic heterocycles. The first-order chi connectivity index (χ1) is 7.56. The van der Waals surface area contributed by atoms with Crippen LogP contribution in [0.25, 0.3) is 0 Å². The van der Waals surface area contributed by atoms with Crippen LogP contribution in [-0.2, 0) is 6.54 Å². The lowest BCUT2D eigenvalue weighted by molar-refractivity contribution is -0.392. The van der Waals surface area contributed by atoms with Gasteiger partial charge in [-0.3, -0.25) is 0 Å². The number of nitrogens with one attached hydrogen (secondary N) is 1. The standard InChI is InChI=1S/C8H12N4O4/c1-2-3-4-11-6(12(15)16)5-9-7(11)10-8(13)14/h5H,2-4H2,1H3,(H,9,10)(H,13,14). The molecule has 0 bridgehead atoms. The average Bonchev–Trinajstić information content (AvgIpc) is 2.57. The second kappa shape index (κ2) is 5.10. The summed E-state index contributed by atoms with van der Waals surface area (Å²) in [4.78, 5) is 24.2. The van der Waals surface area contributed by atoms with Gasteiger partial charge in [0.25, 0.3) is 0 Å². The predicted octanol–water partition coefficient (Wildman–Crippen LogP) is 1.68. The zero-order chi connectivity index (χ0) is 12.1. The van der Waals surface area contributed by atoms with E-state index in [9.17, 15) is 14.9 Å². The van der Waals surface area contributed by atoms with E-state index in [2.05, 4.69) is 4.98 Å². The van der Waals surface area contributed by atoms with Crippen LogP contribution >= 0.6 is 0 Å². The Labute approximate surface area is 91.1 Å². The van der Waals surface area contributed by atoms with E-state index < -0.39 is 11.0 Å². The highest BCUT2D eigenvalue weighted by molar-refractivity contribution is 5.80. The number of carbonyl (C=O) groups is 1. The summed E-state index contributed by atoms with van der Waals surface area (Å²) in [5.74, 6) is -0.232. The number of hydrogen-bond donors (Lipinski definition) is 2. The first kappa shape index (κ1) is 12.0. The number of carboxylic acid groups (broad SMARTS) is 1. The molecule has 2 N–H and O–H groups in total. The zero-order valence-corrected chi connectivity index (χ0v) is 8.71. The fourth-order valence-electron chi connectivity index (χ4n) is 1.24. The molecular weight excluding hydrogens is 216 g/mol. The van der Waals surface area contributed by atoms with Crippen molar-refractivity contribution >= 4 is 17.9 Å². The second-order valence-corrected chi connectivity index (χ2v) is 3.13. The second-order valence-electron chi connectivity index (χ2n) is 3.13. The Morgan fingerprint density at radius 1 is 1.75 bits per heavy atom. The lowest BCUT2D eigenvalue weighted by Gasteiger charge is -2.02. The molecule has 0 fully saturated rings. The monoisotopic (exact) mass is 228 g/mol. The van der Waals surface area contributed by atoms with E-state index in [-0.39, 0.29) is 11.8 Å². The lowest BCUT2D eigenvalue weighted by Crippen LogP contribution is -2.14. The first-order valence-electron chi connectivity index (χ1n) is 4.76. The summed E-state index contributed by atoms with van der Waals surface area (Å²) in [6, 6.07) is 0. The number of anilines is 1. The third kappa shape index (κ3) is 2.69. The summed E-state index contributed by atoms with van der Waals surface area (Å²) in [7, 11) is 0. The molecular formula is C8H12N4O4. The minimum atomic E-state index is -1.29. The molecule has 88 valence electrons. The van der Waals surface area contributed by atoms with Crippen LogP contribution in [0.1, 0.15) is 19.8 Å². The minimum Gasteiger partial charge on any atom is -0.465 e. The Balaban J connectivity index is 2.98. The van der Waals surface area contributed by atoms with Crippen LogP contribution < -0.4 is 5.32 Å². The Morgan fingerprint density at radius 2 is 2.44 bits per heavy atom. The number of aromatic nitrogens is 2. The van der Waals surface area contributed by atoms with E-state index in [0.29, 0.717) is 13.0 Å². The molecule has 1 aromatic heterocycles. The van der Waals surface area contributed by atoms with Gasteiger partial charge in [-0.05, 0) is 11.3 Å². The van der Waals surface area contributed by atoms with Crippen molar-refractivity contribution in [3.8, 4) is 0 Å². The van der Waals surface area contributed by atoms with Crippen molar-refractivity contribution in [2.75, 3.05) is 5.32 Å². The van der Waals surface area contributed by atoms with Gasteiger partial charge >= 0.3 is 17.9 Å². The lowest BCUT2D eigenvalue weighted by atomic mass is 10.3. The Morgan fingerprint density at radius 3 is 2.94 bits per heavy atom. The van der Waals surface area contributed by atoms with Crippen molar-refractivity contribution in [3.63, 3.8) is 0 Å². The fourth-order valence-corrected chi connectivity index (χ4v) is 1.24. The van der Waals surface area contributed by atoms with Gasteiger partial charge in [0, 0.05) is 0 Å². The van der Waals surface area contributed by atoms with Crippen LogP contribution in [0.4, 0.5) is 16.6 Å². The van der Waals surface area contributed by atoms with E-state index in [4.69, 9.17) is 5.11 Å². The molecule has 0 aromatic carbocycles. The Kier molecular flexibility index (Phi) is 3.81. The molecule has 0 radical (unpaired) electrons. The van der Waals surface area contributed by atoms with Crippen molar-refractivity contribution in [2.45, 2.75) is 26.3 Å². The molecule has 8 nitrogen and oxygen atoms in total. The summed E-state index contributed by atoms with van der Waals surface area (Å²) < 4.78 is 1.25. The molecule has 0 atom stereocenters. The van der Waals surface area contributed by atoms with Gasteiger partial charge < -0.3 is 15.2 Å². The Bertz CT molecular complexity index is 401. The smallest absolute Gasteiger partial charge is 0.413 e. The van der Waals surface area contributed by atoms with Crippen LogP contribution in [0, 0.1) is 10.1 Å². The fraction of sp³-hybridized carbons (Fsp3) is 0.500. The van der Waals surface area contributed by atoms with Crippen molar-refractivity contribution in [2.24, 2.45) is 0 Å². The SMILES string of the molecule is CCCCn1c([N+](=O)[O-])cnc1NC(=O)O. The number of nitro groups is 1. The number of amides is 1. The molecule has 8 heteroatoms. The summed E-state index contributed by atoms with van der Waals surface area (Å²) >= 11 is 0. The molecule has 1 rings (SSSR count). The van der Waals surface area contributed by atoms with Gasteiger partial charge in [0.15, 0.2) is 0 Å². The van der Waals surface area contributed by atoms with Gasteiger partial charge in [0.05, 0.1) is 6.54 Å². The highest BCUT2D eigenvalue weighted by Crippen LogP contribution is 2.18. The highest BCUT2D eigenvalue weighted by atomic mass is 16.6. The van der Waals surface area contributed by atoms with Crippen LogP contribution in [0.2, 0.25) is 0 Å². The maximum Gasteiger partial charge on any atom is 0.413 e. The number of nitrogens with zero attached hydrogens (tertiary/aromatic N) is 3. The topological polar surface area (TPSA) is 110 Å². The number of imidazole rings is 1. The Hall–Kier alpha value is -2.12. The van der Waals surface area contributed by atoms with Crippen molar-refractivity contribution in [1.82, 2.24) is 9.55 Å². The molecule has 1 heterocycles. The molecule has 0 saturated carbocycles. The van der Waals surface area contributed by atoms with E-state index in [1.165, 1.54) is 4.57 Å². The quantitative estimate of drug-likeness (QED) is 0.588. The van der Waals surface area contributed by atoms with Crippen molar-refractivity contribution < 1.29 is 14.8 Å². The van der Waals surface area contributed by atoms with Crippen LogP contribution in [-0.4, -0.2) is 25.7 Å². The normalized spacial score (nSPS) is 10.1. The summed E-state index contributed by atoms with van der Waals surface area (Å²) in [5.41, 5.74) is 0. The maximum absolute atomic E-state index is 10.7. The van der Waals surface area contributed by atoms with E-state index in [0.717, 1.165) is 12.6 Å². The molecule has 0 unspecified atom stereocenters. The van der Waals surface area contributed by atoms with Gasteiger partial charge in [0.2, 0.25) is 0 Å². The maximum atomic E-state index is 10.7. The summed E-state index contributed by atoms with van der Waals surface area (Å²) in [6.07, 6.45) is 1.31. The van der Waals surface area contributed by atoms with Crippen molar-refractivity contribution in [3.05, 3.63) is 16.3 Å². The largest absolute Gasteiger partial charge is 0.465 e. The van der Waals surface area contributed by atoms with E-state index >= 15 is 0 Å². The average molecular weight is 228 g/mol. The first-order valence-corrected chi connectivity index (χ1v) is 4.76. The van der Waals surface area contributed by atoms with E-state index in [1.807, 2.05) is 12.2 Å². The molecule has 1 aromatic rings. The van der Waals surface area contributed by atoms with Crippen molar-refractivity contribution in [1.29, 1.82) is 0 Å². The van der Waals surface area contributed by atoms with Crippen LogP contribution in [0.5, 0.6) is 0 Å². The zero-order valence-electron chi connectivity index (χ0n) is 8.71. The van der Waals surface area contributed by atoms with Gasteiger partial charge in [-0.25, -0.2) is 10.1 Å². The van der Waals surface area contributed by atoms with Crippen LogP contribution in [0.15, 0.2) is 6.20 Å². The highest BCUT2D eigenvalue weighted by Gasteiger charge is 2.20. The van der Waals surface area contributed by atoms with E-state index in [1.54, 1.807) is 0 Å². The molecule has 16 heavy (non-hydrogen) atoms. The third-order valence-electron chi connectivity index (χ3n) is 1.98. The summed E-state index contributed by atoms with van der Waals surface area (Å²) in [6.45, 7) is 2.30.